The zero-order valence-electron chi connectivity index (χ0n) is 23.4. The molecule has 0 bridgehead atoms. The fraction of sp³-hybridized carbons (Fsp3) is 0.154. The van der Waals surface area contributed by atoms with Crippen LogP contribution in [0.4, 0.5) is 0 Å². The van der Waals surface area contributed by atoms with Crippen LogP contribution < -0.4 is 0 Å². The van der Waals surface area contributed by atoms with Crippen molar-refractivity contribution in [2.24, 2.45) is 0 Å². The average molecular weight is 545 g/mol. The number of rotatable bonds is 5. The van der Waals surface area contributed by atoms with E-state index in [-0.39, 0.29) is 23.8 Å². The van der Waals surface area contributed by atoms with E-state index >= 15 is 4.79 Å². The van der Waals surface area contributed by atoms with Crippen LogP contribution in [0.2, 0.25) is 0 Å². The van der Waals surface area contributed by atoms with Gasteiger partial charge in [-0.25, -0.2) is 10.0 Å². The Kier molecular flexibility index (Phi) is 6.03. The van der Waals surface area contributed by atoms with Gasteiger partial charge in [-0.3, -0.25) is 4.79 Å². The van der Waals surface area contributed by atoms with Gasteiger partial charge in [-0.1, -0.05) is 152 Å². The Labute approximate surface area is 247 Å². The lowest BCUT2D eigenvalue weighted by molar-refractivity contribution is -0.165. The molecule has 2 fully saturated rings. The van der Waals surface area contributed by atoms with Gasteiger partial charge in [-0.15, -0.1) is 0 Å². The average Bonchev–Trinajstić information content (AvgIpc) is 3.63. The van der Waals surface area contributed by atoms with E-state index in [1.807, 2.05) is 12.1 Å². The second kappa shape index (κ2) is 10.1. The Bertz CT molecular complexity index is 1750. The number of Topliss-reactive ketones (excluding diaryl/α,β-unsaturated/α-hetero) is 1. The smallest absolute Gasteiger partial charge is 0.172 e. The third-order valence-corrected chi connectivity index (χ3v) is 9.43. The first-order valence-corrected chi connectivity index (χ1v) is 14.9. The number of ketones is 1. The number of benzene rings is 5. The summed E-state index contributed by atoms with van der Waals surface area (Å²) in [5, 5.41) is 5.04. The second-order valence-electron chi connectivity index (χ2n) is 11.5. The standard InChI is InChI=1S/C39H32N2O/c42-38-35(29-18-8-2-9-19-29)37(31-22-12-4-13-23-31)40-27-26-33-34(28-16-6-1-7-17-28)36(30-20-10-3-11-21-30)39(38,41(33)40)32-24-14-5-15-25-32/h1-25,33,35,37H,26-27H2/t33-,35-,37-,39-/m1/s1. The van der Waals surface area contributed by atoms with Crippen LogP contribution in [0.15, 0.2) is 152 Å². The predicted molar refractivity (Wildman–Crippen MR) is 168 cm³/mol. The number of carbonyl (C=O) groups excluding carboxylic acids is 1. The lowest BCUT2D eigenvalue weighted by atomic mass is 9.67. The summed E-state index contributed by atoms with van der Waals surface area (Å²) in [6.45, 7) is 0.883. The number of hydrogen-bond donors (Lipinski definition) is 0. The van der Waals surface area contributed by atoms with Crippen LogP contribution >= 0.6 is 0 Å². The fourth-order valence-electron chi connectivity index (χ4n) is 7.91. The van der Waals surface area contributed by atoms with Crippen molar-refractivity contribution in [3.05, 3.63) is 179 Å². The lowest BCUT2D eigenvalue weighted by Crippen LogP contribution is -2.64. The van der Waals surface area contributed by atoms with Crippen molar-refractivity contribution >= 4 is 16.9 Å². The Morgan fingerprint density at radius 1 is 0.571 bits per heavy atom. The molecule has 0 spiro atoms. The van der Waals surface area contributed by atoms with Crippen molar-refractivity contribution in [3.8, 4) is 0 Å². The molecule has 5 aromatic rings. The summed E-state index contributed by atoms with van der Waals surface area (Å²) < 4.78 is 0. The van der Waals surface area contributed by atoms with Crippen molar-refractivity contribution in [2.45, 2.75) is 30.0 Å². The molecule has 4 atom stereocenters. The Hall–Kier alpha value is -4.57. The first kappa shape index (κ1) is 25.2. The molecule has 0 aliphatic carbocycles. The predicted octanol–water partition coefficient (Wildman–Crippen LogP) is 7.91. The number of hydrazine groups is 1. The third-order valence-electron chi connectivity index (χ3n) is 9.43. The maximum Gasteiger partial charge on any atom is 0.172 e. The van der Waals surface area contributed by atoms with Gasteiger partial charge in [0.25, 0.3) is 0 Å². The summed E-state index contributed by atoms with van der Waals surface area (Å²) in [4.78, 5) is 15.9. The highest BCUT2D eigenvalue weighted by Crippen LogP contribution is 2.64. The highest BCUT2D eigenvalue weighted by atomic mass is 16.1. The van der Waals surface area contributed by atoms with Crippen LogP contribution in [-0.2, 0) is 10.3 Å². The normalized spacial score (nSPS) is 25.5. The molecule has 3 heteroatoms. The minimum atomic E-state index is -0.971. The monoisotopic (exact) mass is 544 g/mol. The van der Waals surface area contributed by atoms with E-state index in [0.29, 0.717) is 0 Å². The van der Waals surface area contributed by atoms with Gasteiger partial charge in [-0.2, -0.15) is 0 Å². The lowest BCUT2D eigenvalue weighted by Gasteiger charge is -2.54. The molecule has 0 N–H and O–H groups in total. The molecule has 0 amide bonds. The number of carbonyl (C=O) groups is 1. The van der Waals surface area contributed by atoms with Crippen LogP contribution in [0.1, 0.15) is 46.2 Å². The first-order chi connectivity index (χ1) is 20.8. The summed E-state index contributed by atoms with van der Waals surface area (Å²) >= 11 is 0. The van der Waals surface area contributed by atoms with E-state index in [2.05, 4.69) is 150 Å². The molecule has 5 aromatic carbocycles. The second-order valence-corrected chi connectivity index (χ2v) is 11.5. The van der Waals surface area contributed by atoms with Gasteiger partial charge >= 0.3 is 0 Å². The van der Waals surface area contributed by atoms with Crippen LogP contribution in [0.3, 0.4) is 0 Å². The van der Waals surface area contributed by atoms with E-state index < -0.39 is 5.54 Å². The zero-order valence-corrected chi connectivity index (χ0v) is 23.4. The van der Waals surface area contributed by atoms with E-state index in [9.17, 15) is 0 Å². The topological polar surface area (TPSA) is 23.6 Å². The van der Waals surface area contributed by atoms with Crippen molar-refractivity contribution in [1.82, 2.24) is 10.0 Å². The van der Waals surface area contributed by atoms with Gasteiger partial charge in [-0.05, 0) is 45.4 Å². The van der Waals surface area contributed by atoms with Crippen molar-refractivity contribution in [1.29, 1.82) is 0 Å². The van der Waals surface area contributed by atoms with Gasteiger partial charge < -0.3 is 0 Å². The van der Waals surface area contributed by atoms with Crippen molar-refractivity contribution in [3.63, 3.8) is 0 Å². The fourth-order valence-corrected chi connectivity index (χ4v) is 7.91. The molecule has 3 nitrogen and oxygen atoms in total. The SMILES string of the molecule is O=C1[C@H](c2ccccc2)[C@@H](c2ccccc2)N2CC[C@@H]3C(c4ccccc4)=C(c4ccccc4)[C@@]1(c1ccccc1)N32. The molecule has 3 aliphatic rings. The van der Waals surface area contributed by atoms with Crippen LogP contribution in [-0.4, -0.2) is 28.4 Å². The molecule has 0 saturated carbocycles. The molecule has 2 saturated heterocycles. The Morgan fingerprint density at radius 2 is 1.07 bits per heavy atom. The van der Waals surface area contributed by atoms with Gasteiger partial charge in [0.15, 0.2) is 5.78 Å². The molecule has 8 rings (SSSR count). The van der Waals surface area contributed by atoms with Gasteiger partial charge in [0.05, 0.1) is 18.0 Å². The van der Waals surface area contributed by atoms with Crippen molar-refractivity contribution in [2.75, 3.05) is 6.54 Å². The quantitative estimate of drug-likeness (QED) is 0.225. The minimum absolute atomic E-state index is 0.0784. The summed E-state index contributed by atoms with van der Waals surface area (Å²) in [6.07, 6.45) is 0.952. The van der Waals surface area contributed by atoms with Gasteiger partial charge in [0, 0.05) is 6.54 Å². The molecule has 0 unspecified atom stereocenters. The van der Waals surface area contributed by atoms with E-state index in [4.69, 9.17) is 0 Å². The maximum atomic E-state index is 15.9. The first-order valence-electron chi connectivity index (χ1n) is 14.9. The molecular formula is C39H32N2O. The highest BCUT2D eigenvalue weighted by Gasteiger charge is 2.68. The van der Waals surface area contributed by atoms with E-state index in [1.54, 1.807) is 0 Å². The summed E-state index contributed by atoms with van der Waals surface area (Å²) in [5.74, 6) is -0.112. The Balaban J connectivity index is 1.49. The largest absolute Gasteiger partial charge is 0.296 e. The van der Waals surface area contributed by atoms with Crippen LogP contribution in [0, 0.1) is 0 Å². The molecule has 3 aliphatic heterocycles. The molecule has 204 valence electrons. The Morgan fingerprint density at radius 3 is 1.67 bits per heavy atom. The van der Waals surface area contributed by atoms with Crippen LogP contribution in [0.5, 0.6) is 0 Å². The molecule has 3 heterocycles. The van der Waals surface area contributed by atoms with E-state index in [0.717, 1.165) is 35.2 Å². The number of hydrogen-bond acceptors (Lipinski definition) is 3. The highest BCUT2D eigenvalue weighted by molar-refractivity contribution is 6.15. The number of nitrogens with zero attached hydrogens (tertiary/aromatic N) is 2. The molecular weight excluding hydrogens is 512 g/mol. The molecule has 42 heavy (non-hydrogen) atoms. The third kappa shape index (κ3) is 3.57. The van der Waals surface area contributed by atoms with E-state index in [1.165, 1.54) is 16.7 Å². The minimum Gasteiger partial charge on any atom is -0.296 e. The molecule has 0 radical (unpaired) electrons. The summed E-state index contributed by atoms with van der Waals surface area (Å²) in [5.41, 5.74) is 6.98. The van der Waals surface area contributed by atoms with Gasteiger partial charge in [0.2, 0.25) is 0 Å². The van der Waals surface area contributed by atoms with Crippen LogP contribution in [0.25, 0.3) is 11.1 Å². The molecule has 0 aromatic heterocycles. The zero-order chi connectivity index (χ0) is 28.1. The van der Waals surface area contributed by atoms with Gasteiger partial charge in [0.1, 0.15) is 5.54 Å². The summed E-state index contributed by atoms with van der Waals surface area (Å²) in [6, 6.07) is 53.0. The summed E-state index contributed by atoms with van der Waals surface area (Å²) in [7, 11) is 0. The maximum absolute atomic E-state index is 15.9. The van der Waals surface area contributed by atoms with Crippen molar-refractivity contribution < 1.29 is 4.79 Å².